The highest BCUT2D eigenvalue weighted by molar-refractivity contribution is 6.01. The van der Waals surface area contributed by atoms with Crippen LogP contribution in [0.5, 0.6) is 11.5 Å². The first-order valence-electron chi connectivity index (χ1n) is 9.83. The Morgan fingerprint density at radius 2 is 2.03 bits per heavy atom. The normalized spacial score (nSPS) is 14.3. The van der Waals surface area contributed by atoms with Crippen LogP contribution in [0.3, 0.4) is 0 Å². The Balaban J connectivity index is 1.51. The third-order valence-electron chi connectivity index (χ3n) is 5.49. The van der Waals surface area contributed by atoms with Gasteiger partial charge in [-0.25, -0.2) is 0 Å². The van der Waals surface area contributed by atoms with Gasteiger partial charge in [0.25, 0.3) is 11.8 Å². The molecule has 1 atom stereocenters. The summed E-state index contributed by atoms with van der Waals surface area (Å²) >= 11 is 0. The number of amides is 2. The first-order chi connectivity index (χ1) is 14.4. The molecule has 1 N–H and O–H groups in total. The molecule has 0 unspecified atom stereocenters. The molecular formula is C23H25N3O4. The van der Waals surface area contributed by atoms with Gasteiger partial charge >= 0.3 is 0 Å². The fourth-order valence-corrected chi connectivity index (χ4v) is 3.84. The maximum atomic E-state index is 12.8. The number of nitrogens with one attached hydrogen (secondary N) is 1. The highest BCUT2D eigenvalue weighted by Crippen LogP contribution is 2.32. The van der Waals surface area contributed by atoms with Crippen molar-refractivity contribution in [3.05, 3.63) is 53.7 Å². The van der Waals surface area contributed by atoms with Crippen molar-refractivity contribution in [1.82, 2.24) is 9.88 Å². The van der Waals surface area contributed by atoms with E-state index in [2.05, 4.69) is 16.1 Å². The standard InChI is InChI=1S/C23H25N3O4/c1-14(9-16-12-25(2)19-7-6-17(29-4)11-18(16)19)24-23(28)15-5-8-21-20(10-15)26(3)22(27)13-30-21/h5-8,10-12,14H,9,13H2,1-4H3,(H,24,28)/t14-/m1/s1. The number of rotatable bonds is 5. The van der Waals surface area contributed by atoms with E-state index in [0.29, 0.717) is 23.4 Å². The molecule has 1 aromatic heterocycles. The van der Waals surface area contributed by atoms with Crippen LogP contribution in [0.2, 0.25) is 0 Å². The van der Waals surface area contributed by atoms with Crippen molar-refractivity contribution in [2.75, 3.05) is 25.7 Å². The Bertz CT molecular complexity index is 1130. The largest absolute Gasteiger partial charge is 0.497 e. The quantitative estimate of drug-likeness (QED) is 0.706. The van der Waals surface area contributed by atoms with Crippen molar-refractivity contribution in [3.63, 3.8) is 0 Å². The van der Waals surface area contributed by atoms with Crippen LogP contribution in [0.15, 0.2) is 42.6 Å². The maximum Gasteiger partial charge on any atom is 0.264 e. The van der Waals surface area contributed by atoms with Gasteiger partial charge in [-0.15, -0.1) is 0 Å². The Kier molecular flexibility index (Phi) is 5.11. The number of likely N-dealkylation sites (N-methyl/N-ethyl adjacent to an activating group) is 1. The van der Waals surface area contributed by atoms with Gasteiger partial charge in [-0.1, -0.05) is 0 Å². The Morgan fingerprint density at radius 3 is 2.80 bits per heavy atom. The molecule has 7 heteroatoms. The minimum atomic E-state index is -0.186. The van der Waals surface area contributed by atoms with Crippen LogP contribution in [0.4, 0.5) is 5.69 Å². The van der Waals surface area contributed by atoms with Crippen LogP contribution in [-0.4, -0.2) is 43.2 Å². The summed E-state index contributed by atoms with van der Waals surface area (Å²) in [5.41, 5.74) is 3.35. The summed E-state index contributed by atoms with van der Waals surface area (Å²) < 4.78 is 12.9. The van der Waals surface area contributed by atoms with Gasteiger partial charge in [-0.2, -0.15) is 0 Å². The number of nitrogens with zero attached hydrogens (tertiary/aromatic N) is 2. The van der Waals surface area contributed by atoms with Gasteiger partial charge < -0.3 is 24.3 Å². The number of carbonyl (C=O) groups is 2. The van der Waals surface area contributed by atoms with Crippen molar-refractivity contribution < 1.29 is 19.1 Å². The lowest BCUT2D eigenvalue weighted by molar-refractivity contribution is -0.120. The summed E-state index contributed by atoms with van der Waals surface area (Å²) in [6.45, 7) is 2.00. The number of methoxy groups -OCH3 is 1. The number of benzene rings is 2. The smallest absolute Gasteiger partial charge is 0.264 e. The third-order valence-corrected chi connectivity index (χ3v) is 5.49. The number of aromatic nitrogens is 1. The molecule has 0 spiro atoms. The molecule has 2 heterocycles. The molecule has 2 aromatic carbocycles. The summed E-state index contributed by atoms with van der Waals surface area (Å²) in [6.07, 6.45) is 2.77. The van der Waals surface area contributed by atoms with E-state index in [1.54, 1.807) is 32.4 Å². The average molecular weight is 407 g/mol. The van der Waals surface area contributed by atoms with Gasteiger partial charge in [0, 0.05) is 42.8 Å². The van der Waals surface area contributed by atoms with Crippen molar-refractivity contribution in [2.45, 2.75) is 19.4 Å². The van der Waals surface area contributed by atoms with Crippen LogP contribution in [0.25, 0.3) is 10.9 Å². The van der Waals surface area contributed by atoms with E-state index in [-0.39, 0.29) is 24.5 Å². The molecule has 0 saturated heterocycles. The minimum Gasteiger partial charge on any atom is -0.497 e. The Labute approximate surface area is 175 Å². The molecule has 2 amide bonds. The second kappa shape index (κ2) is 7.74. The zero-order valence-electron chi connectivity index (χ0n) is 17.6. The van der Waals surface area contributed by atoms with Crippen molar-refractivity contribution in [1.29, 1.82) is 0 Å². The average Bonchev–Trinajstić information content (AvgIpc) is 3.05. The number of carbonyl (C=O) groups excluding carboxylic acids is 2. The molecule has 0 bridgehead atoms. The SMILES string of the molecule is COc1ccc2c(c1)c(C[C@@H](C)NC(=O)c1ccc3c(c1)N(C)C(=O)CO3)cn2C. The summed E-state index contributed by atoms with van der Waals surface area (Å²) in [6, 6.07) is 11.1. The van der Waals surface area contributed by atoms with E-state index in [9.17, 15) is 9.59 Å². The lowest BCUT2D eigenvalue weighted by atomic mass is 10.0. The highest BCUT2D eigenvalue weighted by atomic mass is 16.5. The lowest BCUT2D eigenvalue weighted by Gasteiger charge is -2.26. The van der Waals surface area contributed by atoms with E-state index in [1.165, 1.54) is 4.90 Å². The van der Waals surface area contributed by atoms with E-state index in [1.807, 2.05) is 32.2 Å². The molecular weight excluding hydrogens is 382 g/mol. The fraction of sp³-hybridized carbons (Fsp3) is 0.304. The number of ether oxygens (including phenoxy) is 2. The van der Waals surface area contributed by atoms with E-state index >= 15 is 0 Å². The number of aryl methyl sites for hydroxylation is 1. The molecule has 0 fully saturated rings. The van der Waals surface area contributed by atoms with Crippen LogP contribution < -0.4 is 19.7 Å². The van der Waals surface area contributed by atoms with E-state index in [0.717, 1.165) is 22.2 Å². The molecule has 1 aliphatic rings. The Hall–Kier alpha value is -3.48. The molecule has 4 rings (SSSR count). The molecule has 7 nitrogen and oxygen atoms in total. The maximum absolute atomic E-state index is 12.8. The van der Waals surface area contributed by atoms with Crippen LogP contribution in [0, 0.1) is 0 Å². The summed E-state index contributed by atoms with van der Waals surface area (Å²) in [7, 11) is 5.35. The topological polar surface area (TPSA) is 72.8 Å². The Morgan fingerprint density at radius 1 is 1.23 bits per heavy atom. The van der Waals surface area contributed by atoms with Crippen LogP contribution in [-0.2, 0) is 18.3 Å². The zero-order valence-corrected chi connectivity index (χ0v) is 17.6. The molecule has 0 radical (unpaired) electrons. The molecule has 0 aliphatic carbocycles. The molecule has 3 aromatic rings. The zero-order chi connectivity index (χ0) is 21.4. The first-order valence-corrected chi connectivity index (χ1v) is 9.83. The number of hydrogen-bond acceptors (Lipinski definition) is 4. The highest BCUT2D eigenvalue weighted by Gasteiger charge is 2.24. The van der Waals surface area contributed by atoms with Gasteiger partial charge in [-0.05, 0) is 55.3 Å². The van der Waals surface area contributed by atoms with Gasteiger partial charge in [0.1, 0.15) is 11.5 Å². The number of hydrogen-bond donors (Lipinski definition) is 1. The monoisotopic (exact) mass is 407 g/mol. The van der Waals surface area contributed by atoms with Crippen molar-refractivity contribution in [3.8, 4) is 11.5 Å². The molecule has 0 saturated carbocycles. The van der Waals surface area contributed by atoms with Crippen LogP contribution in [0.1, 0.15) is 22.8 Å². The second-order valence-electron chi connectivity index (χ2n) is 7.65. The second-order valence-corrected chi connectivity index (χ2v) is 7.65. The predicted octanol–water partition coefficient (Wildman–Crippen LogP) is 2.90. The lowest BCUT2D eigenvalue weighted by Crippen LogP contribution is -2.36. The summed E-state index contributed by atoms with van der Waals surface area (Å²) in [5.74, 6) is 1.09. The number of fused-ring (bicyclic) bond motifs is 2. The van der Waals surface area contributed by atoms with Gasteiger partial charge in [0.05, 0.1) is 12.8 Å². The third kappa shape index (κ3) is 3.58. The number of anilines is 1. The summed E-state index contributed by atoms with van der Waals surface area (Å²) in [5, 5.41) is 4.17. The first kappa shape index (κ1) is 19.8. The fourth-order valence-electron chi connectivity index (χ4n) is 3.84. The minimum absolute atomic E-state index is 0.0158. The van der Waals surface area contributed by atoms with Gasteiger partial charge in [0.2, 0.25) is 0 Å². The van der Waals surface area contributed by atoms with Crippen molar-refractivity contribution >= 4 is 28.4 Å². The summed E-state index contributed by atoms with van der Waals surface area (Å²) in [4.78, 5) is 26.2. The molecule has 30 heavy (non-hydrogen) atoms. The molecule has 1 aliphatic heterocycles. The molecule has 156 valence electrons. The van der Waals surface area contributed by atoms with E-state index in [4.69, 9.17) is 9.47 Å². The van der Waals surface area contributed by atoms with E-state index < -0.39 is 0 Å². The predicted molar refractivity (Wildman–Crippen MR) is 115 cm³/mol. The van der Waals surface area contributed by atoms with Gasteiger partial charge in [0.15, 0.2) is 6.61 Å². The van der Waals surface area contributed by atoms with Crippen LogP contribution >= 0.6 is 0 Å². The van der Waals surface area contributed by atoms with Gasteiger partial charge in [-0.3, -0.25) is 9.59 Å². The van der Waals surface area contributed by atoms with Crippen molar-refractivity contribution in [2.24, 2.45) is 7.05 Å².